The van der Waals surface area contributed by atoms with Crippen LogP contribution in [0, 0.1) is 20.2 Å². The summed E-state index contributed by atoms with van der Waals surface area (Å²) in [7, 11) is 0. The average Bonchev–Trinajstić information content (AvgIpc) is 3.01. The SMILES string of the molecule is O=[N+]([O-])c1ccc(-c2noc(-c3ccccc3)c2[N+](=O)[O-])cc1. The highest BCUT2D eigenvalue weighted by Crippen LogP contribution is 2.38. The summed E-state index contributed by atoms with van der Waals surface area (Å²) >= 11 is 0. The molecule has 0 radical (unpaired) electrons. The zero-order valence-electron chi connectivity index (χ0n) is 11.6. The van der Waals surface area contributed by atoms with Gasteiger partial charge in [0.2, 0.25) is 5.76 Å². The Morgan fingerprint density at radius 3 is 2.04 bits per heavy atom. The van der Waals surface area contributed by atoms with Gasteiger partial charge in [0.05, 0.1) is 9.85 Å². The molecule has 1 heterocycles. The Morgan fingerprint density at radius 2 is 1.48 bits per heavy atom. The lowest BCUT2D eigenvalue weighted by Gasteiger charge is -1.97. The zero-order chi connectivity index (χ0) is 16.4. The van der Waals surface area contributed by atoms with E-state index in [4.69, 9.17) is 4.52 Å². The minimum absolute atomic E-state index is 0.0313. The van der Waals surface area contributed by atoms with Gasteiger partial charge in [0, 0.05) is 23.3 Å². The summed E-state index contributed by atoms with van der Waals surface area (Å²) in [5.74, 6) is 0.0453. The van der Waals surface area contributed by atoms with E-state index in [1.807, 2.05) is 0 Å². The molecule has 0 aliphatic heterocycles. The number of hydrogen-bond donors (Lipinski definition) is 0. The molecule has 114 valence electrons. The van der Waals surface area contributed by atoms with Crippen LogP contribution in [0.2, 0.25) is 0 Å². The Bertz CT molecular complexity index is 872. The van der Waals surface area contributed by atoms with Crippen LogP contribution in [0.15, 0.2) is 59.1 Å². The van der Waals surface area contributed by atoms with Gasteiger partial charge in [-0.15, -0.1) is 0 Å². The number of benzene rings is 2. The van der Waals surface area contributed by atoms with Gasteiger partial charge in [0.15, 0.2) is 5.69 Å². The summed E-state index contributed by atoms with van der Waals surface area (Å²) in [6.07, 6.45) is 0. The molecule has 8 nitrogen and oxygen atoms in total. The molecule has 0 aliphatic carbocycles. The zero-order valence-corrected chi connectivity index (χ0v) is 11.6. The van der Waals surface area contributed by atoms with Gasteiger partial charge in [-0.2, -0.15) is 0 Å². The maximum absolute atomic E-state index is 11.4. The molecule has 1 aromatic heterocycles. The highest BCUT2D eigenvalue weighted by Gasteiger charge is 2.29. The standard InChI is InChI=1S/C15H9N3O5/c19-17(20)12-8-6-10(7-9-12)13-14(18(21)22)15(23-16-13)11-4-2-1-3-5-11/h1-9H. The summed E-state index contributed by atoms with van der Waals surface area (Å²) < 4.78 is 5.15. The van der Waals surface area contributed by atoms with E-state index in [9.17, 15) is 20.2 Å². The van der Waals surface area contributed by atoms with Gasteiger partial charge < -0.3 is 4.52 Å². The molecule has 0 unspecified atom stereocenters. The quantitative estimate of drug-likeness (QED) is 0.534. The molecule has 0 N–H and O–H groups in total. The van der Waals surface area contributed by atoms with Crippen LogP contribution in [0.3, 0.4) is 0 Å². The molecule has 23 heavy (non-hydrogen) atoms. The van der Waals surface area contributed by atoms with Crippen LogP contribution < -0.4 is 0 Å². The Hall–Kier alpha value is -3.55. The van der Waals surface area contributed by atoms with Crippen molar-refractivity contribution < 1.29 is 14.4 Å². The summed E-state index contributed by atoms with van der Waals surface area (Å²) in [5, 5.41) is 25.9. The minimum atomic E-state index is -0.574. The molecular formula is C15H9N3O5. The minimum Gasteiger partial charge on any atom is -0.348 e. The molecule has 3 rings (SSSR count). The predicted molar refractivity (Wildman–Crippen MR) is 80.7 cm³/mol. The highest BCUT2D eigenvalue weighted by atomic mass is 16.6. The van der Waals surface area contributed by atoms with Crippen molar-refractivity contribution in [3.63, 3.8) is 0 Å². The third-order valence-electron chi connectivity index (χ3n) is 3.24. The smallest absolute Gasteiger partial charge is 0.344 e. The Labute approximate surface area is 129 Å². The first-order valence-electron chi connectivity index (χ1n) is 6.52. The first-order valence-corrected chi connectivity index (χ1v) is 6.52. The number of hydrogen-bond acceptors (Lipinski definition) is 6. The highest BCUT2D eigenvalue weighted by molar-refractivity contribution is 5.80. The number of nitrogens with zero attached hydrogens (tertiary/aromatic N) is 3. The van der Waals surface area contributed by atoms with E-state index < -0.39 is 9.85 Å². The summed E-state index contributed by atoms with van der Waals surface area (Å²) in [6, 6.07) is 13.9. The second kappa shape index (κ2) is 5.68. The van der Waals surface area contributed by atoms with Crippen molar-refractivity contribution in [1.29, 1.82) is 0 Å². The predicted octanol–water partition coefficient (Wildman–Crippen LogP) is 3.83. The summed E-state index contributed by atoms with van der Waals surface area (Å²) in [5.41, 5.74) is 0.546. The fourth-order valence-electron chi connectivity index (χ4n) is 2.16. The van der Waals surface area contributed by atoms with Crippen molar-refractivity contribution in [1.82, 2.24) is 5.16 Å². The van der Waals surface area contributed by atoms with Crippen molar-refractivity contribution in [3.05, 3.63) is 74.8 Å². The molecule has 0 bridgehead atoms. The Morgan fingerprint density at radius 1 is 0.826 bits per heavy atom. The number of rotatable bonds is 4. The van der Waals surface area contributed by atoms with E-state index in [0.29, 0.717) is 11.1 Å². The summed E-state index contributed by atoms with van der Waals surface area (Å²) in [6.45, 7) is 0. The lowest BCUT2D eigenvalue weighted by Crippen LogP contribution is -1.92. The molecule has 0 atom stereocenters. The molecule has 2 aromatic carbocycles. The van der Waals surface area contributed by atoms with Crippen molar-refractivity contribution in [2.24, 2.45) is 0 Å². The first-order chi connectivity index (χ1) is 11.1. The molecule has 8 heteroatoms. The molecule has 0 spiro atoms. The van der Waals surface area contributed by atoms with Gasteiger partial charge in [-0.1, -0.05) is 35.5 Å². The second-order valence-corrected chi connectivity index (χ2v) is 4.64. The molecule has 0 saturated heterocycles. The largest absolute Gasteiger partial charge is 0.348 e. The van der Waals surface area contributed by atoms with Gasteiger partial charge >= 0.3 is 5.69 Å². The van der Waals surface area contributed by atoms with Crippen molar-refractivity contribution in [2.75, 3.05) is 0 Å². The van der Waals surface area contributed by atoms with Gasteiger partial charge in [-0.25, -0.2) is 0 Å². The number of nitro groups is 2. The first kappa shape index (κ1) is 14.4. The number of non-ortho nitro benzene ring substituents is 1. The van der Waals surface area contributed by atoms with E-state index >= 15 is 0 Å². The number of nitro benzene ring substituents is 1. The van der Waals surface area contributed by atoms with E-state index in [1.54, 1.807) is 30.3 Å². The van der Waals surface area contributed by atoms with Gasteiger partial charge in [0.25, 0.3) is 5.69 Å². The molecule has 3 aromatic rings. The Balaban J connectivity index is 2.12. The normalized spacial score (nSPS) is 10.4. The molecule has 0 aliphatic rings. The maximum atomic E-state index is 11.4. The fraction of sp³-hybridized carbons (Fsp3) is 0. The van der Waals surface area contributed by atoms with Gasteiger partial charge in [-0.3, -0.25) is 20.2 Å². The lowest BCUT2D eigenvalue weighted by molar-refractivity contribution is -0.385. The molecule has 0 fully saturated rings. The topological polar surface area (TPSA) is 112 Å². The van der Waals surface area contributed by atoms with E-state index in [-0.39, 0.29) is 22.8 Å². The van der Waals surface area contributed by atoms with Crippen LogP contribution >= 0.6 is 0 Å². The van der Waals surface area contributed by atoms with Crippen molar-refractivity contribution in [2.45, 2.75) is 0 Å². The van der Waals surface area contributed by atoms with Crippen molar-refractivity contribution in [3.8, 4) is 22.6 Å². The van der Waals surface area contributed by atoms with Gasteiger partial charge in [-0.05, 0) is 12.1 Å². The second-order valence-electron chi connectivity index (χ2n) is 4.64. The van der Waals surface area contributed by atoms with E-state index in [0.717, 1.165) is 0 Å². The van der Waals surface area contributed by atoms with E-state index in [1.165, 1.54) is 24.3 Å². The Kier molecular flexibility index (Phi) is 3.55. The third kappa shape index (κ3) is 2.64. The number of aromatic nitrogens is 1. The molecule has 0 amide bonds. The van der Waals surface area contributed by atoms with E-state index in [2.05, 4.69) is 5.16 Å². The third-order valence-corrected chi connectivity index (χ3v) is 3.24. The monoisotopic (exact) mass is 311 g/mol. The lowest BCUT2D eigenvalue weighted by atomic mass is 10.1. The fourth-order valence-corrected chi connectivity index (χ4v) is 2.16. The van der Waals surface area contributed by atoms with Gasteiger partial charge in [0.1, 0.15) is 0 Å². The maximum Gasteiger partial charge on any atom is 0.344 e. The van der Waals surface area contributed by atoms with Crippen LogP contribution in [-0.2, 0) is 0 Å². The average molecular weight is 311 g/mol. The van der Waals surface area contributed by atoms with Crippen LogP contribution in [0.5, 0.6) is 0 Å². The van der Waals surface area contributed by atoms with Crippen LogP contribution in [-0.4, -0.2) is 15.0 Å². The van der Waals surface area contributed by atoms with Crippen LogP contribution in [0.25, 0.3) is 22.6 Å². The molecule has 0 saturated carbocycles. The van der Waals surface area contributed by atoms with Crippen molar-refractivity contribution >= 4 is 11.4 Å². The van der Waals surface area contributed by atoms with Crippen LogP contribution in [0.4, 0.5) is 11.4 Å². The molecular weight excluding hydrogens is 302 g/mol. The van der Waals surface area contributed by atoms with Crippen LogP contribution in [0.1, 0.15) is 0 Å². The summed E-state index contributed by atoms with van der Waals surface area (Å²) in [4.78, 5) is 21.0.